The Hall–Kier alpha value is -1.53. The van der Waals surface area contributed by atoms with Crippen molar-refractivity contribution in [2.45, 2.75) is 6.10 Å². The Morgan fingerprint density at radius 1 is 1.32 bits per heavy atom. The maximum Gasteiger partial charge on any atom is 0.211 e. The molecule has 0 spiro atoms. The van der Waals surface area contributed by atoms with E-state index in [-0.39, 0.29) is 17.6 Å². The zero-order chi connectivity index (χ0) is 13.2. The topological polar surface area (TPSA) is 49.0 Å². The molecular formula is C13H16FNO4. The standard InChI is InChI=1S/C13H16FNO4/c1-16-12-8(10-7-15-2-3-17-10)6-9-13(11(12)14)19-5-4-18-9/h6,10,15H,2-5,7H2,1H3. The predicted octanol–water partition coefficient (Wildman–Crippen LogP) is 1.27. The summed E-state index contributed by atoms with van der Waals surface area (Å²) >= 11 is 0. The molecule has 1 saturated heterocycles. The number of morpholine rings is 1. The van der Waals surface area contributed by atoms with Gasteiger partial charge in [-0.3, -0.25) is 0 Å². The highest BCUT2D eigenvalue weighted by atomic mass is 19.1. The predicted molar refractivity (Wildman–Crippen MR) is 65.5 cm³/mol. The zero-order valence-corrected chi connectivity index (χ0v) is 10.7. The van der Waals surface area contributed by atoms with Crippen LogP contribution in [0.2, 0.25) is 0 Å². The van der Waals surface area contributed by atoms with Gasteiger partial charge >= 0.3 is 0 Å². The minimum atomic E-state index is -0.524. The lowest BCUT2D eigenvalue weighted by molar-refractivity contribution is 0.0254. The summed E-state index contributed by atoms with van der Waals surface area (Å²) < 4.78 is 35.9. The van der Waals surface area contributed by atoms with Gasteiger partial charge in [0.1, 0.15) is 13.2 Å². The van der Waals surface area contributed by atoms with Crippen LogP contribution in [0.1, 0.15) is 11.7 Å². The van der Waals surface area contributed by atoms with Crippen molar-refractivity contribution < 1.29 is 23.3 Å². The first kappa shape index (κ1) is 12.5. The molecule has 6 heteroatoms. The quantitative estimate of drug-likeness (QED) is 0.876. The fourth-order valence-electron chi connectivity index (χ4n) is 2.36. The van der Waals surface area contributed by atoms with Crippen molar-refractivity contribution in [3.63, 3.8) is 0 Å². The van der Waals surface area contributed by atoms with Crippen molar-refractivity contribution in [3.8, 4) is 17.2 Å². The fourth-order valence-corrected chi connectivity index (χ4v) is 2.36. The molecule has 5 nitrogen and oxygen atoms in total. The van der Waals surface area contributed by atoms with Crippen LogP contribution in [-0.4, -0.2) is 40.0 Å². The second-order valence-corrected chi connectivity index (χ2v) is 4.40. The van der Waals surface area contributed by atoms with Gasteiger partial charge in [0.25, 0.3) is 0 Å². The van der Waals surface area contributed by atoms with Crippen LogP contribution in [0.25, 0.3) is 0 Å². The van der Waals surface area contributed by atoms with E-state index in [0.717, 1.165) is 6.54 Å². The summed E-state index contributed by atoms with van der Waals surface area (Å²) in [6.45, 7) is 2.76. The number of hydrogen-bond donors (Lipinski definition) is 1. The second kappa shape index (κ2) is 5.22. The van der Waals surface area contributed by atoms with E-state index in [1.165, 1.54) is 7.11 Å². The molecule has 1 atom stereocenters. The third-order valence-corrected chi connectivity index (χ3v) is 3.24. The van der Waals surface area contributed by atoms with E-state index in [1.807, 2.05) is 0 Å². The van der Waals surface area contributed by atoms with E-state index in [2.05, 4.69) is 5.32 Å². The van der Waals surface area contributed by atoms with Crippen LogP contribution in [-0.2, 0) is 4.74 Å². The summed E-state index contributed by atoms with van der Waals surface area (Å²) in [7, 11) is 1.44. The Balaban J connectivity index is 2.04. The van der Waals surface area contributed by atoms with Crippen LogP contribution in [0.5, 0.6) is 17.2 Å². The van der Waals surface area contributed by atoms with Crippen LogP contribution in [0.15, 0.2) is 6.07 Å². The van der Waals surface area contributed by atoms with E-state index in [1.54, 1.807) is 6.07 Å². The number of benzene rings is 1. The summed E-state index contributed by atoms with van der Waals surface area (Å²) in [6.07, 6.45) is -0.242. The van der Waals surface area contributed by atoms with E-state index >= 15 is 0 Å². The van der Waals surface area contributed by atoms with Crippen molar-refractivity contribution in [1.29, 1.82) is 0 Å². The summed E-state index contributed by atoms with van der Waals surface area (Å²) in [6, 6.07) is 1.74. The molecule has 0 aromatic heterocycles. The average Bonchev–Trinajstić information content (AvgIpc) is 2.48. The number of ether oxygens (including phenoxy) is 4. The lowest BCUT2D eigenvalue weighted by Gasteiger charge is -2.27. The van der Waals surface area contributed by atoms with Crippen LogP contribution in [0.3, 0.4) is 0 Å². The summed E-state index contributed by atoms with van der Waals surface area (Å²) in [5.74, 6) is 0.172. The van der Waals surface area contributed by atoms with Gasteiger partial charge in [0, 0.05) is 18.7 Å². The van der Waals surface area contributed by atoms with E-state index in [4.69, 9.17) is 18.9 Å². The second-order valence-electron chi connectivity index (χ2n) is 4.40. The molecule has 1 aromatic rings. The molecule has 0 bridgehead atoms. The lowest BCUT2D eigenvalue weighted by Crippen LogP contribution is -2.33. The van der Waals surface area contributed by atoms with Crippen LogP contribution < -0.4 is 19.5 Å². The molecule has 1 fully saturated rings. The number of methoxy groups -OCH3 is 1. The van der Waals surface area contributed by atoms with Crippen molar-refractivity contribution in [2.24, 2.45) is 0 Å². The Morgan fingerprint density at radius 3 is 2.89 bits per heavy atom. The van der Waals surface area contributed by atoms with Crippen molar-refractivity contribution >= 4 is 0 Å². The molecule has 2 aliphatic heterocycles. The van der Waals surface area contributed by atoms with Crippen LogP contribution in [0, 0.1) is 5.82 Å². The molecule has 2 aliphatic rings. The number of nitrogens with one attached hydrogen (secondary N) is 1. The molecule has 19 heavy (non-hydrogen) atoms. The molecule has 2 heterocycles. The number of rotatable bonds is 2. The summed E-state index contributed by atoms with van der Waals surface area (Å²) in [5, 5.41) is 3.21. The van der Waals surface area contributed by atoms with Crippen molar-refractivity contribution in [2.75, 3.05) is 40.0 Å². The van der Waals surface area contributed by atoms with Gasteiger partial charge in [-0.05, 0) is 6.07 Å². The summed E-state index contributed by atoms with van der Waals surface area (Å²) in [4.78, 5) is 0. The smallest absolute Gasteiger partial charge is 0.211 e. The largest absolute Gasteiger partial charge is 0.493 e. The van der Waals surface area contributed by atoms with Gasteiger partial charge in [0.2, 0.25) is 11.6 Å². The molecule has 1 aromatic carbocycles. The minimum absolute atomic E-state index is 0.121. The molecule has 0 saturated carbocycles. The first-order valence-corrected chi connectivity index (χ1v) is 6.29. The SMILES string of the molecule is COc1c(C2CNCCO2)cc2c(c1F)OCCO2. The Morgan fingerprint density at radius 2 is 2.16 bits per heavy atom. The average molecular weight is 269 g/mol. The third-order valence-electron chi connectivity index (χ3n) is 3.24. The molecule has 0 radical (unpaired) electrons. The maximum atomic E-state index is 14.4. The Labute approximate surface area is 110 Å². The Bertz CT molecular complexity index is 474. The first-order valence-electron chi connectivity index (χ1n) is 6.29. The van der Waals surface area contributed by atoms with Gasteiger partial charge in [-0.2, -0.15) is 4.39 Å². The van der Waals surface area contributed by atoms with Gasteiger partial charge in [-0.25, -0.2) is 0 Å². The fraction of sp³-hybridized carbons (Fsp3) is 0.538. The Kier molecular flexibility index (Phi) is 3.44. The van der Waals surface area contributed by atoms with Crippen molar-refractivity contribution in [1.82, 2.24) is 5.32 Å². The van der Waals surface area contributed by atoms with Gasteiger partial charge in [0.05, 0.1) is 19.8 Å². The molecule has 3 rings (SSSR count). The van der Waals surface area contributed by atoms with E-state index in [9.17, 15) is 4.39 Å². The number of fused-ring (bicyclic) bond motifs is 1. The van der Waals surface area contributed by atoms with Gasteiger partial charge in [-0.15, -0.1) is 0 Å². The van der Waals surface area contributed by atoms with E-state index < -0.39 is 5.82 Å². The lowest BCUT2D eigenvalue weighted by atomic mass is 10.1. The van der Waals surface area contributed by atoms with Gasteiger partial charge < -0.3 is 24.3 Å². The van der Waals surface area contributed by atoms with Gasteiger partial charge in [0.15, 0.2) is 11.5 Å². The molecular weight excluding hydrogens is 253 g/mol. The van der Waals surface area contributed by atoms with Crippen LogP contribution >= 0.6 is 0 Å². The first-order chi connectivity index (χ1) is 9.31. The normalized spacial score (nSPS) is 22.1. The maximum absolute atomic E-state index is 14.4. The molecule has 0 aliphatic carbocycles. The number of hydrogen-bond acceptors (Lipinski definition) is 5. The monoisotopic (exact) mass is 269 g/mol. The highest BCUT2D eigenvalue weighted by Gasteiger charge is 2.28. The highest BCUT2D eigenvalue weighted by molar-refractivity contribution is 5.53. The van der Waals surface area contributed by atoms with Crippen LogP contribution in [0.4, 0.5) is 4.39 Å². The summed E-state index contributed by atoms with van der Waals surface area (Å²) in [5.41, 5.74) is 0.649. The van der Waals surface area contributed by atoms with Gasteiger partial charge in [-0.1, -0.05) is 0 Å². The highest BCUT2D eigenvalue weighted by Crippen LogP contribution is 2.43. The molecule has 104 valence electrons. The molecule has 1 N–H and O–H groups in total. The van der Waals surface area contributed by atoms with E-state index in [0.29, 0.717) is 37.7 Å². The number of halogens is 1. The molecule has 0 amide bonds. The molecule has 1 unspecified atom stereocenters. The zero-order valence-electron chi connectivity index (χ0n) is 10.7. The van der Waals surface area contributed by atoms with Crippen molar-refractivity contribution in [3.05, 3.63) is 17.4 Å². The third kappa shape index (κ3) is 2.21. The minimum Gasteiger partial charge on any atom is -0.493 e.